The van der Waals surface area contributed by atoms with E-state index in [0.717, 1.165) is 12.8 Å². The van der Waals surface area contributed by atoms with Gasteiger partial charge in [-0.2, -0.15) is 0 Å². The van der Waals surface area contributed by atoms with Crippen molar-refractivity contribution in [2.24, 2.45) is 0 Å². The molecule has 4 heteroatoms. The lowest BCUT2D eigenvalue weighted by atomic mass is 9.71. The molecule has 0 radical (unpaired) electrons. The van der Waals surface area contributed by atoms with Crippen LogP contribution >= 0.6 is 0 Å². The van der Waals surface area contributed by atoms with E-state index in [9.17, 15) is 9.59 Å². The Morgan fingerprint density at radius 1 is 0.893 bits per heavy atom. The molecule has 0 spiro atoms. The van der Waals surface area contributed by atoms with E-state index in [2.05, 4.69) is 72.5 Å². The molecule has 0 saturated carbocycles. The molecular formula is C24H25NO3. The average Bonchev–Trinajstić information content (AvgIpc) is 2.99. The fourth-order valence-electron chi connectivity index (χ4n) is 3.64. The number of hydrogen-bond acceptors (Lipinski definition) is 3. The Morgan fingerprint density at radius 2 is 1.50 bits per heavy atom. The number of carbonyl (C=O) groups excluding carboxylic acids is 2. The Balaban J connectivity index is 0.000000236. The first-order valence-electron chi connectivity index (χ1n) is 9.75. The van der Waals surface area contributed by atoms with Crippen LogP contribution in [0.5, 0.6) is 0 Å². The number of rotatable bonds is 2. The Hall–Kier alpha value is -2.90. The summed E-state index contributed by atoms with van der Waals surface area (Å²) < 4.78 is 0. The topological polar surface area (TPSA) is 66.4 Å². The third-order valence-corrected chi connectivity index (χ3v) is 5.13. The molecule has 0 aromatic heterocycles. The summed E-state index contributed by atoms with van der Waals surface area (Å²) in [6.45, 7) is 0. The van der Waals surface area contributed by atoms with Crippen molar-refractivity contribution in [1.29, 1.82) is 0 Å². The number of nitrogens with one attached hydrogen (secondary N) is 1. The zero-order chi connectivity index (χ0) is 19.8. The van der Waals surface area contributed by atoms with Crippen LogP contribution in [0.3, 0.4) is 0 Å². The Morgan fingerprint density at radius 3 is 1.96 bits per heavy atom. The van der Waals surface area contributed by atoms with Gasteiger partial charge in [-0.15, -0.1) is 5.92 Å². The second-order valence-electron chi connectivity index (χ2n) is 7.13. The minimum atomic E-state index is -1.11. The molecule has 2 aromatic rings. The summed E-state index contributed by atoms with van der Waals surface area (Å²) in [4.78, 5) is 20.4. The number of aliphatic hydroxyl groups is 1. The first kappa shape index (κ1) is 19.9. The molecule has 1 fully saturated rings. The predicted molar refractivity (Wildman–Crippen MR) is 108 cm³/mol. The van der Waals surface area contributed by atoms with Gasteiger partial charge >= 0.3 is 0 Å². The highest BCUT2D eigenvalue weighted by Gasteiger charge is 2.32. The van der Waals surface area contributed by atoms with E-state index in [-0.39, 0.29) is 11.8 Å². The predicted octanol–water partition coefficient (Wildman–Crippen LogP) is 3.33. The van der Waals surface area contributed by atoms with E-state index in [1.165, 1.54) is 30.4 Å². The van der Waals surface area contributed by atoms with Gasteiger partial charge in [0.15, 0.2) is 0 Å². The molecule has 144 valence electrons. The normalized spacial score (nSPS) is 20.5. The maximum Gasteiger partial charge on any atom is 0.255 e. The summed E-state index contributed by atoms with van der Waals surface area (Å²) in [6.07, 6.45) is 4.73. The van der Waals surface area contributed by atoms with E-state index in [1.54, 1.807) is 0 Å². The van der Waals surface area contributed by atoms with Gasteiger partial charge in [0.25, 0.3) is 5.91 Å². The summed E-state index contributed by atoms with van der Waals surface area (Å²) >= 11 is 0. The van der Waals surface area contributed by atoms with Crippen LogP contribution in [0.4, 0.5) is 0 Å². The van der Waals surface area contributed by atoms with Crippen LogP contribution in [-0.2, 0) is 15.0 Å². The number of aliphatic hydroxyl groups excluding tert-OH is 1. The van der Waals surface area contributed by atoms with Gasteiger partial charge < -0.3 is 5.11 Å². The van der Waals surface area contributed by atoms with Gasteiger partial charge in [-0.1, -0.05) is 79.4 Å². The SMILES string of the molecule is C1#CC(c2ccccc2)(c2ccccc2)CCCCC1.O=C1CC(O)C(=O)N1. The summed E-state index contributed by atoms with van der Waals surface area (Å²) in [6, 6.07) is 21.6. The monoisotopic (exact) mass is 375 g/mol. The standard InChI is InChI=1S/C20H20.C4H5NO3/c1-2-10-16-20(17-11-3-1,18-12-6-4-7-13-18)19-14-8-5-9-15-19;6-2-1-3(7)5-4(2)8/h4-9,12-15H,1-3,10,16H2;2,6H,1H2,(H,5,7,8). The van der Waals surface area contributed by atoms with Crippen molar-refractivity contribution in [2.75, 3.05) is 0 Å². The molecule has 4 rings (SSSR count). The van der Waals surface area contributed by atoms with E-state index in [0.29, 0.717) is 0 Å². The number of imide groups is 1. The molecule has 1 aliphatic carbocycles. The van der Waals surface area contributed by atoms with Crippen LogP contribution in [0.15, 0.2) is 60.7 Å². The molecular weight excluding hydrogens is 350 g/mol. The van der Waals surface area contributed by atoms with Crippen LogP contribution in [0.2, 0.25) is 0 Å². The van der Waals surface area contributed by atoms with Crippen molar-refractivity contribution in [2.45, 2.75) is 50.0 Å². The van der Waals surface area contributed by atoms with Crippen molar-refractivity contribution in [3.8, 4) is 11.8 Å². The molecule has 0 bridgehead atoms. The molecule has 4 nitrogen and oxygen atoms in total. The van der Waals surface area contributed by atoms with Crippen LogP contribution < -0.4 is 5.32 Å². The van der Waals surface area contributed by atoms with Crippen molar-refractivity contribution in [3.63, 3.8) is 0 Å². The van der Waals surface area contributed by atoms with E-state index >= 15 is 0 Å². The van der Waals surface area contributed by atoms with Gasteiger partial charge in [0.1, 0.15) is 6.10 Å². The zero-order valence-electron chi connectivity index (χ0n) is 15.9. The van der Waals surface area contributed by atoms with Gasteiger partial charge in [-0.25, -0.2) is 0 Å². The second kappa shape index (κ2) is 9.34. The van der Waals surface area contributed by atoms with Gasteiger partial charge in [-0.3, -0.25) is 14.9 Å². The number of hydrogen-bond donors (Lipinski definition) is 2. The Bertz CT molecular complexity index is 825. The first-order chi connectivity index (χ1) is 13.6. The smallest absolute Gasteiger partial charge is 0.255 e. The van der Waals surface area contributed by atoms with Crippen molar-refractivity contribution < 1.29 is 14.7 Å². The minimum Gasteiger partial charge on any atom is -0.383 e. The summed E-state index contributed by atoms with van der Waals surface area (Å²) in [5.74, 6) is 6.05. The van der Waals surface area contributed by atoms with Gasteiger partial charge in [0, 0.05) is 6.42 Å². The lowest BCUT2D eigenvalue weighted by molar-refractivity contribution is -0.127. The van der Waals surface area contributed by atoms with Crippen molar-refractivity contribution in [1.82, 2.24) is 5.32 Å². The fraction of sp³-hybridized carbons (Fsp3) is 0.333. The van der Waals surface area contributed by atoms with E-state index < -0.39 is 17.9 Å². The third kappa shape index (κ3) is 4.68. The summed E-state index contributed by atoms with van der Waals surface area (Å²) in [5, 5.41) is 10.5. The molecule has 1 unspecified atom stereocenters. The van der Waals surface area contributed by atoms with Gasteiger partial charge in [0.05, 0.1) is 11.8 Å². The summed E-state index contributed by atoms with van der Waals surface area (Å²) in [5.41, 5.74) is 2.55. The fourth-order valence-corrected chi connectivity index (χ4v) is 3.64. The van der Waals surface area contributed by atoms with Crippen LogP contribution in [0.25, 0.3) is 0 Å². The zero-order valence-corrected chi connectivity index (χ0v) is 15.9. The van der Waals surface area contributed by atoms with E-state index in [4.69, 9.17) is 5.11 Å². The Labute approximate surface area is 166 Å². The van der Waals surface area contributed by atoms with Crippen LogP contribution in [0, 0.1) is 11.8 Å². The molecule has 1 aliphatic heterocycles. The van der Waals surface area contributed by atoms with Gasteiger partial charge in [0.2, 0.25) is 5.91 Å². The highest BCUT2D eigenvalue weighted by molar-refractivity contribution is 6.04. The maximum atomic E-state index is 10.2. The van der Waals surface area contributed by atoms with Gasteiger partial charge in [-0.05, 0) is 24.0 Å². The lowest BCUT2D eigenvalue weighted by Gasteiger charge is -2.31. The molecule has 2 aromatic carbocycles. The minimum absolute atomic E-state index is 0.0845. The lowest BCUT2D eigenvalue weighted by Crippen LogP contribution is -2.26. The molecule has 2 amide bonds. The average molecular weight is 375 g/mol. The van der Waals surface area contributed by atoms with Crippen LogP contribution in [0.1, 0.15) is 49.7 Å². The molecule has 1 atom stereocenters. The van der Waals surface area contributed by atoms with Crippen molar-refractivity contribution >= 4 is 11.8 Å². The molecule has 1 heterocycles. The highest BCUT2D eigenvalue weighted by Crippen LogP contribution is 2.37. The van der Waals surface area contributed by atoms with E-state index in [1.807, 2.05) is 5.32 Å². The number of benzene rings is 2. The maximum absolute atomic E-state index is 10.2. The number of amides is 2. The Kier molecular flexibility index (Phi) is 6.62. The molecule has 2 aliphatic rings. The quantitative estimate of drug-likeness (QED) is 0.625. The second-order valence-corrected chi connectivity index (χ2v) is 7.13. The first-order valence-corrected chi connectivity index (χ1v) is 9.75. The summed E-state index contributed by atoms with van der Waals surface area (Å²) in [7, 11) is 0. The number of carbonyl (C=O) groups is 2. The highest BCUT2D eigenvalue weighted by atomic mass is 16.3. The molecule has 2 N–H and O–H groups in total. The largest absolute Gasteiger partial charge is 0.383 e. The third-order valence-electron chi connectivity index (χ3n) is 5.13. The van der Waals surface area contributed by atoms with Crippen molar-refractivity contribution in [3.05, 3.63) is 71.8 Å². The molecule has 28 heavy (non-hydrogen) atoms. The van der Waals surface area contributed by atoms with Crippen LogP contribution in [-0.4, -0.2) is 23.0 Å². The molecule has 1 saturated heterocycles.